The summed E-state index contributed by atoms with van der Waals surface area (Å²) in [6.45, 7) is 8.91. The van der Waals surface area contributed by atoms with E-state index in [0.29, 0.717) is 0 Å². The molecule has 3 aliphatic rings. The lowest BCUT2D eigenvalue weighted by Gasteiger charge is -2.48. The van der Waals surface area contributed by atoms with Gasteiger partial charge in [-0.15, -0.1) is 0 Å². The number of rotatable bonds is 2. The van der Waals surface area contributed by atoms with Gasteiger partial charge in [0.2, 0.25) is 0 Å². The molecule has 0 saturated carbocycles. The summed E-state index contributed by atoms with van der Waals surface area (Å²) in [7, 11) is 0. The van der Waals surface area contributed by atoms with Crippen molar-refractivity contribution in [3.05, 3.63) is 0 Å². The molecule has 3 fully saturated rings. The molecule has 0 aromatic heterocycles. The van der Waals surface area contributed by atoms with E-state index < -0.39 is 0 Å². The third-order valence-electron chi connectivity index (χ3n) is 4.93. The molecule has 3 saturated heterocycles. The van der Waals surface area contributed by atoms with Gasteiger partial charge in [-0.1, -0.05) is 6.42 Å². The largest absolute Gasteiger partial charge is 0.313 e. The van der Waals surface area contributed by atoms with Gasteiger partial charge >= 0.3 is 0 Å². The number of nitrogens with zero attached hydrogens (tertiary/aromatic N) is 2. The van der Waals surface area contributed by atoms with Gasteiger partial charge in [0.1, 0.15) is 0 Å². The van der Waals surface area contributed by atoms with Crippen LogP contribution < -0.4 is 5.32 Å². The lowest BCUT2D eigenvalue weighted by atomic mass is 9.96. The third-order valence-corrected chi connectivity index (χ3v) is 4.93. The van der Waals surface area contributed by atoms with Crippen molar-refractivity contribution in [3.8, 4) is 0 Å². The maximum Gasteiger partial charge on any atom is 0.0223 e. The van der Waals surface area contributed by atoms with Crippen molar-refractivity contribution >= 4 is 0 Å². The summed E-state index contributed by atoms with van der Waals surface area (Å²) in [4.78, 5) is 5.49. The Bertz CT molecular complexity index is 250. The monoisotopic (exact) mass is 237 g/mol. The Labute approximate surface area is 106 Å². The molecule has 0 aromatic carbocycles. The topological polar surface area (TPSA) is 18.5 Å². The Morgan fingerprint density at radius 1 is 1.12 bits per heavy atom. The van der Waals surface area contributed by atoms with Gasteiger partial charge in [0.05, 0.1) is 0 Å². The maximum absolute atomic E-state index is 3.64. The normalized spacial score (nSPS) is 40.4. The summed E-state index contributed by atoms with van der Waals surface area (Å²) in [5, 5.41) is 3.64. The van der Waals surface area contributed by atoms with Crippen molar-refractivity contribution in [1.29, 1.82) is 0 Å². The highest BCUT2D eigenvalue weighted by atomic mass is 15.3. The van der Waals surface area contributed by atoms with Crippen molar-refractivity contribution < 1.29 is 0 Å². The van der Waals surface area contributed by atoms with E-state index in [9.17, 15) is 0 Å². The quantitative estimate of drug-likeness (QED) is 0.781. The Morgan fingerprint density at radius 2 is 2.06 bits per heavy atom. The predicted molar refractivity (Wildman–Crippen MR) is 71.3 cm³/mol. The fraction of sp³-hybridized carbons (Fsp3) is 1.00. The number of piperidine rings is 1. The van der Waals surface area contributed by atoms with Crippen molar-refractivity contribution in [2.45, 2.75) is 57.2 Å². The van der Waals surface area contributed by atoms with E-state index in [-0.39, 0.29) is 0 Å². The number of hydrogen-bond acceptors (Lipinski definition) is 3. The zero-order chi connectivity index (χ0) is 11.7. The van der Waals surface area contributed by atoms with E-state index in [1.54, 1.807) is 0 Å². The van der Waals surface area contributed by atoms with Crippen LogP contribution >= 0.6 is 0 Å². The van der Waals surface area contributed by atoms with Crippen molar-refractivity contribution in [1.82, 2.24) is 15.1 Å². The molecule has 0 spiro atoms. The van der Waals surface area contributed by atoms with E-state index in [2.05, 4.69) is 22.0 Å². The maximum atomic E-state index is 3.64. The molecule has 3 heterocycles. The molecule has 0 bridgehead atoms. The molecule has 3 heteroatoms. The SMILES string of the molecule is CC1CN2CCCCC2CN1C[C@@H]1CCCN1. The zero-order valence-electron chi connectivity index (χ0n) is 11.2. The van der Waals surface area contributed by atoms with E-state index in [1.807, 2.05) is 0 Å². The van der Waals surface area contributed by atoms with Gasteiger partial charge < -0.3 is 5.32 Å². The highest BCUT2D eigenvalue weighted by Gasteiger charge is 2.33. The highest BCUT2D eigenvalue weighted by molar-refractivity contribution is 4.91. The van der Waals surface area contributed by atoms with Gasteiger partial charge in [0.25, 0.3) is 0 Å². The van der Waals surface area contributed by atoms with Crippen LogP contribution in [0.25, 0.3) is 0 Å². The van der Waals surface area contributed by atoms with Crippen LogP contribution in [-0.2, 0) is 0 Å². The predicted octanol–water partition coefficient (Wildman–Crippen LogP) is 1.30. The van der Waals surface area contributed by atoms with Crippen LogP contribution in [0.3, 0.4) is 0 Å². The van der Waals surface area contributed by atoms with Crippen molar-refractivity contribution in [2.75, 3.05) is 32.7 Å². The van der Waals surface area contributed by atoms with Crippen molar-refractivity contribution in [2.24, 2.45) is 0 Å². The van der Waals surface area contributed by atoms with Crippen LogP contribution in [0.4, 0.5) is 0 Å². The number of fused-ring (bicyclic) bond motifs is 1. The molecular weight excluding hydrogens is 210 g/mol. The summed E-state index contributed by atoms with van der Waals surface area (Å²) < 4.78 is 0. The second-order valence-electron chi connectivity index (χ2n) is 6.24. The van der Waals surface area contributed by atoms with Gasteiger partial charge in [-0.3, -0.25) is 9.80 Å². The minimum Gasteiger partial charge on any atom is -0.313 e. The van der Waals surface area contributed by atoms with Crippen LogP contribution in [0.1, 0.15) is 39.0 Å². The highest BCUT2D eigenvalue weighted by Crippen LogP contribution is 2.24. The summed E-state index contributed by atoms with van der Waals surface area (Å²) in [6.07, 6.45) is 7.07. The minimum absolute atomic E-state index is 0.756. The smallest absolute Gasteiger partial charge is 0.0223 e. The average molecular weight is 237 g/mol. The molecule has 98 valence electrons. The first kappa shape index (κ1) is 11.9. The Kier molecular flexibility index (Phi) is 3.69. The first-order chi connectivity index (χ1) is 8.33. The molecule has 0 aliphatic carbocycles. The van der Waals surface area contributed by atoms with Crippen LogP contribution in [-0.4, -0.2) is 60.6 Å². The summed E-state index contributed by atoms with van der Waals surface area (Å²) in [5.74, 6) is 0. The van der Waals surface area contributed by atoms with Crippen LogP contribution in [0, 0.1) is 0 Å². The molecule has 3 atom stereocenters. The van der Waals surface area contributed by atoms with E-state index in [1.165, 1.54) is 64.8 Å². The molecule has 0 aromatic rings. The molecule has 0 amide bonds. The standard InChI is InChI=1S/C14H27N3/c1-12-9-16-8-3-2-6-14(16)11-17(12)10-13-5-4-7-15-13/h12-15H,2-11H2,1H3/t12?,13-,14?/m0/s1. The molecule has 3 nitrogen and oxygen atoms in total. The van der Waals surface area contributed by atoms with Gasteiger partial charge in [-0.2, -0.15) is 0 Å². The lowest BCUT2D eigenvalue weighted by Crippen LogP contribution is -2.60. The van der Waals surface area contributed by atoms with E-state index in [0.717, 1.165) is 18.1 Å². The van der Waals surface area contributed by atoms with Gasteiger partial charge in [-0.25, -0.2) is 0 Å². The first-order valence-electron chi connectivity index (χ1n) is 7.54. The van der Waals surface area contributed by atoms with Crippen molar-refractivity contribution in [3.63, 3.8) is 0 Å². The molecule has 3 aliphatic heterocycles. The Balaban J connectivity index is 1.57. The van der Waals surface area contributed by atoms with E-state index in [4.69, 9.17) is 0 Å². The number of nitrogens with one attached hydrogen (secondary N) is 1. The van der Waals surface area contributed by atoms with Crippen LogP contribution in [0.15, 0.2) is 0 Å². The Hall–Kier alpha value is -0.120. The summed E-state index contributed by atoms with van der Waals surface area (Å²) >= 11 is 0. The van der Waals surface area contributed by atoms with Crippen LogP contribution in [0.5, 0.6) is 0 Å². The average Bonchev–Trinajstić information content (AvgIpc) is 2.83. The van der Waals surface area contributed by atoms with Gasteiger partial charge in [0.15, 0.2) is 0 Å². The second kappa shape index (κ2) is 5.25. The lowest BCUT2D eigenvalue weighted by molar-refractivity contribution is 0.0117. The number of piperazine rings is 1. The Morgan fingerprint density at radius 3 is 2.88 bits per heavy atom. The minimum atomic E-state index is 0.756. The fourth-order valence-corrected chi connectivity index (χ4v) is 3.86. The third kappa shape index (κ3) is 2.67. The van der Waals surface area contributed by atoms with E-state index >= 15 is 0 Å². The zero-order valence-corrected chi connectivity index (χ0v) is 11.2. The fourth-order valence-electron chi connectivity index (χ4n) is 3.86. The summed E-state index contributed by atoms with van der Waals surface area (Å²) in [5.41, 5.74) is 0. The molecular formula is C14H27N3. The molecule has 0 radical (unpaired) electrons. The molecule has 3 rings (SSSR count). The van der Waals surface area contributed by atoms with Gasteiger partial charge in [0, 0.05) is 37.8 Å². The molecule has 2 unspecified atom stereocenters. The number of hydrogen-bond donors (Lipinski definition) is 1. The molecule has 17 heavy (non-hydrogen) atoms. The van der Waals surface area contributed by atoms with Crippen LogP contribution in [0.2, 0.25) is 0 Å². The second-order valence-corrected chi connectivity index (χ2v) is 6.24. The summed E-state index contributed by atoms with van der Waals surface area (Å²) in [6, 6.07) is 2.39. The van der Waals surface area contributed by atoms with Gasteiger partial charge in [-0.05, 0) is 45.7 Å². The first-order valence-corrected chi connectivity index (χ1v) is 7.54. The molecule has 1 N–H and O–H groups in total.